The number of ether oxygens (including phenoxy) is 3. The van der Waals surface area contributed by atoms with Crippen LogP contribution >= 0.6 is 0 Å². The number of carbonyl (C=O) groups excluding carboxylic acids is 1. The molecule has 1 aliphatic heterocycles. The molecule has 2 aromatic carbocycles. The second-order valence-corrected chi connectivity index (χ2v) is 5.87. The van der Waals surface area contributed by atoms with Crippen LogP contribution in [0.5, 0.6) is 17.2 Å². The van der Waals surface area contributed by atoms with Crippen LogP contribution in [0.1, 0.15) is 19.3 Å². The Balaban J connectivity index is 1.42. The lowest BCUT2D eigenvalue weighted by molar-refractivity contribution is -0.117. The summed E-state index contributed by atoms with van der Waals surface area (Å²) in [5.74, 6) is 2.59. The monoisotopic (exact) mass is 341 g/mol. The first kappa shape index (κ1) is 17.1. The second-order valence-electron chi connectivity index (χ2n) is 5.87. The van der Waals surface area contributed by atoms with E-state index in [0.717, 1.165) is 42.3 Å². The molecular weight excluding hydrogens is 318 g/mol. The van der Waals surface area contributed by atoms with Crippen molar-refractivity contribution in [2.45, 2.75) is 19.3 Å². The van der Waals surface area contributed by atoms with Crippen molar-refractivity contribution < 1.29 is 19.0 Å². The van der Waals surface area contributed by atoms with Crippen molar-refractivity contribution in [3.8, 4) is 17.2 Å². The highest BCUT2D eigenvalue weighted by atomic mass is 16.5. The van der Waals surface area contributed by atoms with E-state index in [1.54, 1.807) is 7.11 Å². The summed E-state index contributed by atoms with van der Waals surface area (Å²) in [7, 11) is 1.64. The molecule has 0 bridgehead atoms. The van der Waals surface area contributed by atoms with Crippen molar-refractivity contribution in [3.05, 3.63) is 48.5 Å². The Labute approximate surface area is 148 Å². The van der Waals surface area contributed by atoms with Crippen molar-refractivity contribution in [1.29, 1.82) is 0 Å². The van der Waals surface area contributed by atoms with Crippen molar-refractivity contribution in [2.24, 2.45) is 0 Å². The highest BCUT2D eigenvalue weighted by Gasteiger charge is 2.21. The van der Waals surface area contributed by atoms with Gasteiger partial charge in [-0.1, -0.05) is 6.07 Å². The Morgan fingerprint density at radius 2 is 1.68 bits per heavy atom. The molecule has 1 fully saturated rings. The SMILES string of the molecule is COc1ccc(OCCCOc2cccc(N3CCCC3=O)c2)cc1. The van der Waals surface area contributed by atoms with Gasteiger partial charge in [0.25, 0.3) is 0 Å². The number of rotatable bonds is 8. The van der Waals surface area contributed by atoms with Crippen LogP contribution in [0.3, 0.4) is 0 Å². The summed E-state index contributed by atoms with van der Waals surface area (Å²) >= 11 is 0. The zero-order valence-electron chi connectivity index (χ0n) is 14.4. The smallest absolute Gasteiger partial charge is 0.227 e. The van der Waals surface area contributed by atoms with Gasteiger partial charge in [-0.25, -0.2) is 0 Å². The topological polar surface area (TPSA) is 48.0 Å². The van der Waals surface area contributed by atoms with Gasteiger partial charge in [0, 0.05) is 31.1 Å². The Hall–Kier alpha value is -2.69. The maximum atomic E-state index is 11.8. The van der Waals surface area contributed by atoms with Gasteiger partial charge in [-0.15, -0.1) is 0 Å². The van der Waals surface area contributed by atoms with Gasteiger partial charge in [-0.05, 0) is 42.8 Å². The van der Waals surface area contributed by atoms with Gasteiger partial charge in [0.2, 0.25) is 5.91 Å². The first-order valence-corrected chi connectivity index (χ1v) is 8.56. The normalized spacial score (nSPS) is 13.8. The number of amides is 1. The highest BCUT2D eigenvalue weighted by Crippen LogP contribution is 2.25. The first-order valence-electron chi connectivity index (χ1n) is 8.56. The van der Waals surface area contributed by atoms with Crippen molar-refractivity contribution in [3.63, 3.8) is 0 Å². The molecule has 1 saturated heterocycles. The molecule has 0 aliphatic carbocycles. The summed E-state index contributed by atoms with van der Waals surface area (Å²) in [4.78, 5) is 13.6. The molecule has 0 unspecified atom stereocenters. The van der Waals surface area contributed by atoms with Gasteiger partial charge in [-0.3, -0.25) is 4.79 Å². The Morgan fingerprint density at radius 3 is 2.36 bits per heavy atom. The van der Waals surface area contributed by atoms with E-state index in [4.69, 9.17) is 14.2 Å². The predicted molar refractivity (Wildman–Crippen MR) is 96.6 cm³/mol. The third-order valence-corrected chi connectivity index (χ3v) is 4.09. The van der Waals surface area contributed by atoms with Crippen LogP contribution in [0.4, 0.5) is 5.69 Å². The van der Waals surface area contributed by atoms with E-state index < -0.39 is 0 Å². The second kappa shape index (κ2) is 8.42. The molecule has 5 heteroatoms. The molecule has 25 heavy (non-hydrogen) atoms. The van der Waals surface area contributed by atoms with E-state index in [0.29, 0.717) is 19.6 Å². The fraction of sp³-hybridized carbons (Fsp3) is 0.350. The van der Waals surface area contributed by atoms with E-state index in [1.807, 2.05) is 53.4 Å². The fourth-order valence-electron chi connectivity index (χ4n) is 2.77. The summed E-state index contributed by atoms with van der Waals surface area (Å²) < 4.78 is 16.6. The molecule has 0 radical (unpaired) electrons. The number of nitrogens with zero attached hydrogens (tertiary/aromatic N) is 1. The van der Waals surface area contributed by atoms with Crippen LogP contribution < -0.4 is 19.1 Å². The van der Waals surface area contributed by atoms with Gasteiger partial charge in [0.15, 0.2) is 0 Å². The largest absolute Gasteiger partial charge is 0.497 e. The first-order chi connectivity index (χ1) is 12.3. The summed E-state index contributed by atoms with van der Waals surface area (Å²) in [6.45, 7) is 1.93. The minimum Gasteiger partial charge on any atom is -0.497 e. The molecule has 0 N–H and O–H groups in total. The van der Waals surface area contributed by atoms with E-state index >= 15 is 0 Å². The lowest BCUT2D eigenvalue weighted by atomic mass is 10.3. The Bertz CT molecular complexity index is 699. The highest BCUT2D eigenvalue weighted by molar-refractivity contribution is 5.95. The predicted octanol–water partition coefficient (Wildman–Crippen LogP) is 3.67. The number of hydrogen-bond acceptors (Lipinski definition) is 4. The van der Waals surface area contributed by atoms with Gasteiger partial charge < -0.3 is 19.1 Å². The zero-order chi connectivity index (χ0) is 17.5. The quantitative estimate of drug-likeness (QED) is 0.688. The molecule has 0 atom stereocenters. The average Bonchev–Trinajstić information content (AvgIpc) is 3.08. The standard InChI is InChI=1S/C20H23NO4/c1-23-17-8-10-18(11-9-17)24-13-4-14-25-19-6-2-5-16(15-19)21-12-3-7-20(21)22/h2,5-6,8-11,15H,3-4,7,12-14H2,1H3. The molecule has 0 aromatic heterocycles. The van der Waals surface area contributed by atoms with Crippen LogP contribution in [-0.2, 0) is 4.79 Å². The lowest BCUT2D eigenvalue weighted by Crippen LogP contribution is -2.23. The van der Waals surface area contributed by atoms with Crippen LogP contribution in [-0.4, -0.2) is 32.8 Å². The van der Waals surface area contributed by atoms with E-state index in [-0.39, 0.29) is 5.91 Å². The minimum atomic E-state index is 0.185. The molecule has 1 aliphatic rings. The molecular formula is C20H23NO4. The van der Waals surface area contributed by atoms with Crippen LogP contribution in [0, 0.1) is 0 Å². The minimum absolute atomic E-state index is 0.185. The molecule has 0 spiro atoms. The molecule has 1 heterocycles. The zero-order valence-corrected chi connectivity index (χ0v) is 14.4. The van der Waals surface area contributed by atoms with Crippen molar-refractivity contribution >= 4 is 11.6 Å². The van der Waals surface area contributed by atoms with Crippen LogP contribution in [0.15, 0.2) is 48.5 Å². The Kier molecular flexibility index (Phi) is 5.77. The summed E-state index contributed by atoms with van der Waals surface area (Å²) in [6, 6.07) is 15.2. The lowest BCUT2D eigenvalue weighted by Gasteiger charge is -2.16. The fourth-order valence-corrected chi connectivity index (χ4v) is 2.77. The summed E-state index contributed by atoms with van der Waals surface area (Å²) in [5.41, 5.74) is 0.912. The van der Waals surface area contributed by atoms with Gasteiger partial charge >= 0.3 is 0 Å². The molecule has 0 saturated carbocycles. The van der Waals surface area contributed by atoms with Gasteiger partial charge in [0.1, 0.15) is 17.2 Å². The number of anilines is 1. The summed E-state index contributed by atoms with van der Waals surface area (Å²) in [6.07, 6.45) is 2.33. The van der Waals surface area contributed by atoms with Crippen molar-refractivity contribution in [2.75, 3.05) is 31.8 Å². The number of hydrogen-bond donors (Lipinski definition) is 0. The van der Waals surface area contributed by atoms with E-state index in [1.165, 1.54) is 0 Å². The number of carbonyl (C=O) groups is 1. The molecule has 5 nitrogen and oxygen atoms in total. The average molecular weight is 341 g/mol. The third kappa shape index (κ3) is 4.66. The van der Waals surface area contributed by atoms with Crippen LogP contribution in [0.25, 0.3) is 0 Å². The molecule has 1 amide bonds. The molecule has 132 valence electrons. The van der Waals surface area contributed by atoms with E-state index in [2.05, 4.69) is 0 Å². The van der Waals surface area contributed by atoms with Crippen molar-refractivity contribution in [1.82, 2.24) is 0 Å². The maximum absolute atomic E-state index is 11.8. The number of benzene rings is 2. The Morgan fingerprint density at radius 1 is 0.960 bits per heavy atom. The third-order valence-electron chi connectivity index (χ3n) is 4.09. The van der Waals surface area contributed by atoms with E-state index in [9.17, 15) is 4.79 Å². The molecule has 3 rings (SSSR count). The summed E-state index contributed by atoms with van der Waals surface area (Å²) in [5, 5.41) is 0. The maximum Gasteiger partial charge on any atom is 0.227 e. The molecule has 2 aromatic rings. The van der Waals surface area contributed by atoms with Gasteiger partial charge in [0.05, 0.1) is 20.3 Å². The van der Waals surface area contributed by atoms with Gasteiger partial charge in [-0.2, -0.15) is 0 Å². The van der Waals surface area contributed by atoms with Crippen LogP contribution in [0.2, 0.25) is 0 Å². The number of methoxy groups -OCH3 is 1.